The fourth-order valence-electron chi connectivity index (χ4n) is 1.66. The van der Waals surface area contributed by atoms with Crippen LogP contribution in [0.1, 0.15) is 13.8 Å². The van der Waals surface area contributed by atoms with E-state index in [1.807, 2.05) is 0 Å². The number of sulfone groups is 2. The second kappa shape index (κ2) is 7.22. The van der Waals surface area contributed by atoms with Crippen molar-refractivity contribution in [3.05, 3.63) is 0 Å². The van der Waals surface area contributed by atoms with Gasteiger partial charge in [0, 0.05) is 0 Å². The van der Waals surface area contributed by atoms with Crippen molar-refractivity contribution in [3.63, 3.8) is 0 Å². The van der Waals surface area contributed by atoms with Gasteiger partial charge >= 0.3 is 34.7 Å². The summed E-state index contributed by atoms with van der Waals surface area (Å²) in [6.45, 7) is -0.945. The molecule has 4 nitrogen and oxygen atoms in total. The Morgan fingerprint density at radius 3 is 0.767 bits per heavy atom. The first-order valence-electron chi connectivity index (χ1n) is 6.68. The third kappa shape index (κ3) is 3.81. The largest absolute Gasteiger partial charge is 0.461 e. The second-order valence-electron chi connectivity index (χ2n) is 5.68. The van der Waals surface area contributed by atoms with Gasteiger partial charge in [-0.15, -0.1) is 0 Å². The van der Waals surface area contributed by atoms with E-state index in [0.29, 0.717) is 0 Å². The Morgan fingerprint density at radius 1 is 0.467 bits per heavy atom. The van der Waals surface area contributed by atoms with Crippen LogP contribution in [0, 0.1) is 0 Å². The van der Waals surface area contributed by atoms with Gasteiger partial charge in [-0.25, -0.2) is 16.8 Å². The summed E-state index contributed by atoms with van der Waals surface area (Å²) in [7, 11) is -14.9. The van der Waals surface area contributed by atoms with Crippen molar-refractivity contribution in [2.75, 3.05) is 0 Å². The fourth-order valence-corrected chi connectivity index (χ4v) is 5.43. The lowest BCUT2D eigenvalue weighted by atomic mass is 10.3. The van der Waals surface area contributed by atoms with E-state index in [2.05, 4.69) is 0 Å². The van der Waals surface area contributed by atoms with Gasteiger partial charge in [0.2, 0.25) is 19.7 Å². The van der Waals surface area contributed by atoms with Crippen LogP contribution in [0.15, 0.2) is 0 Å². The summed E-state index contributed by atoms with van der Waals surface area (Å²) in [5.41, 5.74) is 0. The Labute approximate surface area is 158 Å². The van der Waals surface area contributed by atoms with E-state index in [1.54, 1.807) is 0 Å². The first-order chi connectivity index (χ1) is 12.6. The molecule has 2 unspecified atom stereocenters. The predicted octanol–water partition coefficient (Wildman–Crippen LogP) is 4.17. The Hall–Kier alpha value is -1.08. The lowest BCUT2D eigenvalue weighted by Crippen LogP contribution is -2.62. The Kier molecular flexibility index (Phi) is 6.96. The van der Waals surface area contributed by atoms with Crippen molar-refractivity contribution < 1.29 is 78.3 Å². The van der Waals surface area contributed by atoms with E-state index >= 15 is 0 Å². The molecule has 0 aliphatic carbocycles. The molecule has 0 fully saturated rings. The standard InChI is InChI=1S/C10H8F14O4S2/c1-3(29(25,26)9(21,22)5(11,12)7(15,16)17)4(2)30(27,28)10(23,24)6(13,14)8(18,19)20/h3-4H,1-2H3. The molecule has 0 aliphatic heterocycles. The van der Waals surface area contributed by atoms with Crippen LogP contribution < -0.4 is 0 Å². The van der Waals surface area contributed by atoms with Gasteiger partial charge in [0.1, 0.15) is 0 Å². The molecule has 2 atom stereocenters. The lowest BCUT2D eigenvalue weighted by Gasteiger charge is -2.34. The maximum absolute atomic E-state index is 13.4. The Morgan fingerprint density at radius 2 is 0.633 bits per heavy atom. The van der Waals surface area contributed by atoms with Crippen LogP contribution in [0.25, 0.3) is 0 Å². The van der Waals surface area contributed by atoms with Crippen LogP contribution >= 0.6 is 0 Å². The molecule has 0 aromatic carbocycles. The Balaban J connectivity index is 6.56. The molecule has 0 saturated carbocycles. The summed E-state index contributed by atoms with van der Waals surface area (Å²) in [5.74, 6) is -14.8. The summed E-state index contributed by atoms with van der Waals surface area (Å²) < 4.78 is 224. The molecule has 0 N–H and O–H groups in total. The molecular weight excluding hydrogens is 514 g/mol. The summed E-state index contributed by atoms with van der Waals surface area (Å²) in [4.78, 5) is 0. The predicted molar refractivity (Wildman–Crippen MR) is 68.7 cm³/mol. The maximum atomic E-state index is 13.4. The van der Waals surface area contributed by atoms with Gasteiger partial charge in [-0.05, 0) is 13.8 Å². The maximum Gasteiger partial charge on any atom is 0.461 e. The molecule has 30 heavy (non-hydrogen) atoms. The third-order valence-electron chi connectivity index (χ3n) is 3.80. The molecule has 0 aromatic rings. The van der Waals surface area contributed by atoms with E-state index in [-0.39, 0.29) is 0 Å². The van der Waals surface area contributed by atoms with Crippen molar-refractivity contribution in [2.45, 2.75) is 59.1 Å². The van der Waals surface area contributed by atoms with E-state index in [9.17, 15) is 78.3 Å². The van der Waals surface area contributed by atoms with Crippen molar-refractivity contribution in [1.29, 1.82) is 0 Å². The third-order valence-corrected chi connectivity index (χ3v) is 8.69. The minimum atomic E-state index is -7.44. The summed E-state index contributed by atoms with van der Waals surface area (Å²) >= 11 is 0. The van der Waals surface area contributed by atoms with Crippen LogP contribution in [0.3, 0.4) is 0 Å². The minimum Gasteiger partial charge on any atom is -0.222 e. The topological polar surface area (TPSA) is 68.3 Å². The smallest absolute Gasteiger partial charge is 0.222 e. The number of hydrogen-bond donors (Lipinski definition) is 0. The second-order valence-corrected chi connectivity index (χ2v) is 10.4. The zero-order valence-electron chi connectivity index (χ0n) is 13.9. The molecule has 0 bridgehead atoms. The highest BCUT2D eigenvalue weighted by Crippen LogP contribution is 2.53. The van der Waals surface area contributed by atoms with Gasteiger partial charge in [0.15, 0.2) is 0 Å². The highest BCUT2D eigenvalue weighted by Gasteiger charge is 2.82. The quantitative estimate of drug-likeness (QED) is 0.471. The molecular formula is C10H8F14O4S2. The monoisotopic (exact) mass is 522 g/mol. The normalized spacial score (nSPS) is 18.3. The first-order valence-corrected chi connectivity index (χ1v) is 9.77. The Bertz CT molecular complexity index is 780. The van der Waals surface area contributed by atoms with Crippen LogP contribution in [0.5, 0.6) is 0 Å². The van der Waals surface area contributed by atoms with Crippen molar-refractivity contribution in [1.82, 2.24) is 0 Å². The van der Waals surface area contributed by atoms with Gasteiger partial charge in [0.05, 0.1) is 10.5 Å². The zero-order chi connectivity index (χ0) is 25.2. The van der Waals surface area contributed by atoms with Gasteiger partial charge in [-0.1, -0.05) is 0 Å². The molecule has 0 amide bonds. The first kappa shape index (κ1) is 28.9. The molecule has 20 heteroatoms. The van der Waals surface area contributed by atoms with Crippen LogP contribution in [-0.2, 0) is 19.7 Å². The van der Waals surface area contributed by atoms with Gasteiger partial charge < -0.3 is 0 Å². The van der Waals surface area contributed by atoms with Gasteiger partial charge in [0.25, 0.3) is 0 Å². The average molecular weight is 522 g/mol. The fraction of sp³-hybridized carbons (Fsp3) is 1.00. The van der Waals surface area contributed by atoms with Gasteiger partial charge in [-0.3, -0.25) is 0 Å². The molecule has 0 radical (unpaired) electrons. The van der Waals surface area contributed by atoms with Gasteiger partial charge in [-0.2, -0.15) is 61.5 Å². The molecule has 0 saturated heterocycles. The molecule has 0 spiro atoms. The number of hydrogen-bond acceptors (Lipinski definition) is 4. The van der Waals surface area contributed by atoms with Crippen LogP contribution in [0.4, 0.5) is 61.5 Å². The van der Waals surface area contributed by atoms with Crippen LogP contribution in [0.2, 0.25) is 0 Å². The highest BCUT2D eigenvalue weighted by molar-refractivity contribution is 7.97. The average Bonchev–Trinajstić information content (AvgIpc) is 2.50. The summed E-state index contributed by atoms with van der Waals surface area (Å²) in [5, 5.41) is -22.3. The van der Waals surface area contributed by atoms with Crippen molar-refractivity contribution in [3.8, 4) is 0 Å². The molecule has 0 rings (SSSR count). The van der Waals surface area contributed by atoms with Crippen molar-refractivity contribution >= 4 is 19.7 Å². The van der Waals surface area contributed by atoms with E-state index in [4.69, 9.17) is 0 Å². The number of rotatable bonds is 7. The highest BCUT2D eigenvalue weighted by atomic mass is 32.2. The number of alkyl halides is 14. The van der Waals surface area contributed by atoms with E-state index < -0.39 is 78.7 Å². The summed E-state index contributed by atoms with van der Waals surface area (Å²) in [6, 6.07) is 0. The SMILES string of the molecule is CC(C(C)S(=O)(=O)C(F)(F)C(F)(F)C(F)(F)F)S(=O)(=O)C(F)(F)C(F)(F)C(F)(F)F. The molecule has 0 aliphatic rings. The van der Waals surface area contributed by atoms with Crippen LogP contribution in [-0.4, -0.2) is 62.0 Å². The molecule has 182 valence electrons. The van der Waals surface area contributed by atoms with E-state index in [1.165, 1.54) is 0 Å². The summed E-state index contributed by atoms with van der Waals surface area (Å²) in [6.07, 6.45) is -14.6. The number of halogens is 14. The zero-order valence-corrected chi connectivity index (χ0v) is 15.5. The lowest BCUT2D eigenvalue weighted by molar-refractivity contribution is -0.332. The minimum absolute atomic E-state index is 0.472. The van der Waals surface area contributed by atoms with E-state index in [0.717, 1.165) is 0 Å². The molecule has 0 aromatic heterocycles. The van der Waals surface area contributed by atoms with Crippen molar-refractivity contribution in [2.24, 2.45) is 0 Å². The molecule has 0 heterocycles.